The van der Waals surface area contributed by atoms with Gasteiger partial charge in [0.05, 0.1) is 0 Å². The molecule has 0 aromatic heterocycles. The van der Waals surface area contributed by atoms with E-state index in [-0.39, 0.29) is 5.92 Å². The Balaban J connectivity index is 2.30. The van der Waals surface area contributed by atoms with Gasteiger partial charge in [0.2, 0.25) is 0 Å². The quantitative estimate of drug-likeness (QED) is 0.907. The highest BCUT2D eigenvalue weighted by Crippen LogP contribution is 2.30. The number of halogens is 1. The van der Waals surface area contributed by atoms with Crippen LogP contribution in [0.4, 0.5) is 0 Å². The second-order valence-electron chi connectivity index (χ2n) is 4.15. The summed E-state index contributed by atoms with van der Waals surface area (Å²) in [4.78, 5) is 0. The molecule has 0 radical (unpaired) electrons. The Labute approximate surface area is 104 Å². The molecule has 1 saturated heterocycles. The van der Waals surface area contributed by atoms with Gasteiger partial charge in [-0.05, 0) is 30.7 Å². The van der Waals surface area contributed by atoms with E-state index in [2.05, 4.69) is 21.2 Å². The highest BCUT2D eigenvalue weighted by molar-refractivity contribution is 9.10. The normalized spacial score (nSPS) is 25.9. The molecule has 1 aromatic carbocycles. The van der Waals surface area contributed by atoms with Gasteiger partial charge >= 0.3 is 0 Å². The number of rotatable bonds is 2. The van der Waals surface area contributed by atoms with Crippen molar-refractivity contribution in [1.82, 2.24) is 5.32 Å². The van der Waals surface area contributed by atoms with Gasteiger partial charge in [-0.3, -0.25) is 0 Å². The third-order valence-corrected chi connectivity index (χ3v) is 4.87. The average Bonchev–Trinajstić information content (AvgIpc) is 2.66. The Morgan fingerprint density at radius 1 is 1.31 bits per heavy atom. The Hall–Kier alpha value is -0.390. The molecule has 2 rings (SSSR count). The van der Waals surface area contributed by atoms with Crippen molar-refractivity contribution in [3.8, 4) is 0 Å². The van der Waals surface area contributed by atoms with E-state index >= 15 is 0 Å². The molecule has 0 saturated carbocycles. The molecule has 5 heteroatoms. The van der Waals surface area contributed by atoms with Gasteiger partial charge in [-0.2, -0.15) is 0 Å². The van der Waals surface area contributed by atoms with E-state index < -0.39 is 15.2 Å². The molecule has 2 atom stereocenters. The monoisotopic (exact) mass is 303 g/mol. The molecule has 88 valence electrons. The van der Waals surface area contributed by atoms with Crippen molar-refractivity contribution in [3.05, 3.63) is 34.3 Å². The van der Waals surface area contributed by atoms with Crippen molar-refractivity contribution in [2.24, 2.45) is 0 Å². The highest BCUT2D eigenvalue weighted by Gasteiger charge is 2.35. The molecule has 0 bridgehead atoms. The van der Waals surface area contributed by atoms with Crippen LogP contribution in [-0.4, -0.2) is 26.6 Å². The van der Waals surface area contributed by atoms with Crippen LogP contribution >= 0.6 is 15.9 Å². The van der Waals surface area contributed by atoms with E-state index in [1.165, 1.54) is 6.26 Å². The van der Waals surface area contributed by atoms with Crippen molar-refractivity contribution in [2.75, 3.05) is 12.8 Å². The molecule has 1 fully saturated rings. The lowest BCUT2D eigenvalue weighted by atomic mass is 9.98. The Morgan fingerprint density at radius 2 is 1.94 bits per heavy atom. The second-order valence-corrected chi connectivity index (χ2v) is 7.23. The van der Waals surface area contributed by atoms with Gasteiger partial charge in [0.15, 0.2) is 9.84 Å². The van der Waals surface area contributed by atoms with Crippen LogP contribution in [0.15, 0.2) is 28.7 Å². The fourth-order valence-corrected chi connectivity index (χ4v) is 3.75. The minimum absolute atomic E-state index is 0.0723. The van der Waals surface area contributed by atoms with Gasteiger partial charge in [0.1, 0.15) is 5.37 Å². The lowest BCUT2D eigenvalue weighted by molar-refractivity contribution is 0.565. The predicted octanol–water partition coefficient (Wildman–Crippen LogP) is 1.90. The third-order valence-electron chi connectivity index (χ3n) is 2.93. The largest absolute Gasteiger partial charge is 0.301 e. The summed E-state index contributed by atoms with van der Waals surface area (Å²) in [6.07, 6.45) is 2.17. The minimum Gasteiger partial charge on any atom is -0.301 e. The summed E-state index contributed by atoms with van der Waals surface area (Å²) in [6.45, 7) is 0.762. The molecular formula is C11H14BrNO2S. The van der Waals surface area contributed by atoms with Crippen molar-refractivity contribution in [1.29, 1.82) is 0 Å². The van der Waals surface area contributed by atoms with Crippen molar-refractivity contribution < 1.29 is 8.42 Å². The molecule has 0 spiro atoms. The number of nitrogens with one attached hydrogen (secondary N) is 1. The van der Waals surface area contributed by atoms with Crippen LogP contribution < -0.4 is 5.32 Å². The summed E-state index contributed by atoms with van der Waals surface area (Å²) in [6, 6.07) is 7.87. The first-order valence-electron chi connectivity index (χ1n) is 5.16. The van der Waals surface area contributed by atoms with Crippen LogP contribution in [0, 0.1) is 0 Å². The number of sulfone groups is 1. The molecule has 1 aliphatic heterocycles. The predicted molar refractivity (Wildman–Crippen MR) is 68.1 cm³/mol. The first-order valence-corrected chi connectivity index (χ1v) is 7.91. The molecule has 0 amide bonds. The Bertz CT molecular complexity index is 469. The summed E-state index contributed by atoms with van der Waals surface area (Å²) in [7, 11) is -3.03. The van der Waals surface area contributed by atoms with Crippen LogP contribution in [0.3, 0.4) is 0 Å². The van der Waals surface area contributed by atoms with E-state index in [0.717, 1.165) is 23.0 Å². The van der Waals surface area contributed by atoms with E-state index in [4.69, 9.17) is 0 Å². The fourth-order valence-electron chi connectivity index (χ4n) is 2.18. The lowest BCUT2D eigenvalue weighted by Gasteiger charge is -2.18. The Kier molecular flexibility index (Phi) is 3.37. The number of hydrogen-bond acceptors (Lipinski definition) is 3. The molecule has 2 unspecified atom stereocenters. The summed E-state index contributed by atoms with van der Waals surface area (Å²) < 4.78 is 24.2. The van der Waals surface area contributed by atoms with Gasteiger partial charge in [0, 0.05) is 16.6 Å². The number of benzene rings is 1. The minimum atomic E-state index is -3.03. The molecule has 1 aliphatic rings. The van der Waals surface area contributed by atoms with Crippen LogP contribution in [0.2, 0.25) is 0 Å². The summed E-state index contributed by atoms with van der Waals surface area (Å²) >= 11 is 3.37. The van der Waals surface area contributed by atoms with Crippen LogP contribution in [0.5, 0.6) is 0 Å². The number of hydrogen-bond donors (Lipinski definition) is 1. The first kappa shape index (κ1) is 12.1. The molecule has 1 heterocycles. The third kappa shape index (κ3) is 2.47. The smallest absolute Gasteiger partial charge is 0.163 e. The maximum Gasteiger partial charge on any atom is 0.163 e. The maximum absolute atomic E-state index is 11.6. The van der Waals surface area contributed by atoms with E-state index in [1.54, 1.807) is 0 Å². The summed E-state index contributed by atoms with van der Waals surface area (Å²) in [5.74, 6) is 0.0723. The second kappa shape index (κ2) is 4.47. The highest BCUT2D eigenvalue weighted by atomic mass is 79.9. The topological polar surface area (TPSA) is 46.2 Å². The first-order chi connectivity index (χ1) is 7.48. The molecule has 16 heavy (non-hydrogen) atoms. The maximum atomic E-state index is 11.6. The standard InChI is InChI=1S/C11H14BrNO2S/c1-16(14,15)11-10(6-7-13-11)8-2-4-9(12)5-3-8/h2-5,10-11,13H,6-7H2,1H3. The Morgan fingerprint density at radius 3 is 2.50 bits per heavy atom. The van der Waals surface area contributed by atoms with Gasteiger partial charge < -0.3 is 5.32 Å². The van der Waals surface area contributed by atoms with Gasteiger partial charge in [0.25, 0.3) is 0 Å². The SMILES string of the molecule is CS(=O)(=O)C1NCCC1c1ccc(Br)cc1. The van der Waals surface area contributed by atoms with E-state index in [9.17, 15) is 8.42 Å². The zero-order chi connectivity index (χ0) is 11.8. The summed E-state index contributed by atoms with van der Waals surface area (Å²) in [5.41, 5.74) is 1.09. The van der Waals surface area contributed by atoms with Gasteiger partial charge in [-0.15, -0.1) is 0 Å². The zero-order valence-electron chi connectivity index (χ0n) is 8.98. The lowest BCUT2D eigenvalue weighted by Crippen LogP contribution is -2.33. The molecule has 1 aromatic rings. The van der Waals surface area contributed by atoms with Gasteiger partial charge in [-0.25, -0.2) is 8.42 Å². The van der Waals surface area contributed by atoms with Gasteiger partial charge in [-0.1, -0.05) is 28.1 Å². The zero-order valence-corrected chi connectivity index (χ0v) is 11.4. The van der Waals surface area contributed by atoms with Crippen LogP contribution in [0.1, 0.15) is 17.9 Å². The summed E-state index contributed by atoms with van der Waals surface area (Å²) in [5, 5.41) is 2.62. The van der Waals surface area contributed by atoms with Crippen molar-refractivity contribution in [2.45, 2.75) is 17.7 Å². The fraction of sp³-hybridized carbons (Fsp3) is 0.455. The van der Waals surface area contributed by atoms with Crippen LogP contribution in [-0.2, 0) is 9.84 Å². The van der Waals surface area contributed by atoms with Crippen molar-refractivity contribution >= 4 is 25.8 Å². The molecular weight excluding hydrogens is 290 g/mol. The molecule has 0 aliphatic carbocycles. The van der Waals surface area contributed by atoms with E-state index in [0.29, 0.717) is 0 Å². The van der Waals surface area contributed by atoms with Crippen molar-refractivity contribution in [3.63, 3.8) is 0 Å². The van der Waals surface area contributed by atoms with Crippen LogP contribution in [0.25, 0.3) is 0 Å². The molecule has 1 N–H and O–H groups in total. The molecule has 3 nitrogen and oxygen atoms in total. The average molecular weight is 304 g/mol. The van der Waals surface area contributed by atoms with E-state index in [1.807, 2.05) is 24.3 Å².